The van der Waals surface area contributed by atoms with E-state index < -0.39 is 25.6 Å². The molecule has 7 rings (SSSR count). The van der Waals surface area contributed by atoms with Crippen molar-refractivity contribution in [2.45, 2.75) is 75.0 Å². The van der Waals surface area contributed by atoms with Crippen molar-refractivity contribution in [3.63, 3.8) is 0 Å². The molecule has 2 aromatic carbocycles. The fourth-order valence-electron chi connectivity index (χ4n) is 8.92. The van der Waals surface area contributed by atoms with Crippen LogP contribution in [0.4, 0.5) is 17.1 Å². The summed E-state index contributed by atoms with van der Waals surface area (Å²) in [5, 5.41) is 21.1. The van der Waals surface area contributed by atoms with Crippen molar-refractivity contribution in [2.75, 3.05) is 47.6 Å². The third kappa shape index (κ3) is 5.42. The van der Waals surface area contributed by atoms with E-state index in [1.54, 1.807) is 15.7 Å². The number of fused-ring (bicyclic) bond motifs is 2. The Morgan fingerprint density at radius 2 is 1.86 bits per heavy atom. The average Bonchev–Trinajstić information content (AvgIpc) is 3.80. The van der Waals surface area contributed by atoms with Crippen LogP contribution in [-0.2, 0) is 32.9 Å². The van der Waals surface area contributed by atoms with Crippen molar-refractivity contribution < 1.29 is 24.2 Å². The van der Waals surface area contributed by atoms with Crippen molar-refractivity contribution in [2.24, 2.45) is 5.92 Å². The summed E-state index contributed by atoms with van der Waals surface area (Å²) >= 11 is 0. The van der Waals surface area contributed by atoms with Crippen LogP contribution in [-0.4, -0.2) is 89.6 Å². The molecule has 1 aromatic heterocycles. The number of para-hydroxylation sites is 1. The number of hydrogen-bond donors (Lipinski definition) is 3. The van der Waals surface area contributed by atoms with E-state index >= 15 is 0 Å². The molecule has 4 atom stereocenters. The molecule has 2 amide bonds. The number of aromatic nitrogens is 3. The molecule has 5 heterocycles. The van der Waals surface area contributed by atoms with Crippen molar-refractivity contribution in [1.82, 2.24) is 20.3 Å². The SMILES string of the molecule is C=CCN1C(=O)[C@@]2(O[C@@H](CCn3cc(CCO)nn3)[C@H]([Si](C)(C)O)[C@H]2C)c2cc(N3CN(c4ccccc4)C4(CCNCC4)C3=O)ccc21. The largest absolute Gasteiger partial charge is 0.432 e. The quantitative estimate of drug-likeness (QED) is 0.217. The number of aliphatic hydroxyl groups excluding tert-OH is 1. The van der Waals surface area contributed by atoms with Gasteiger partial charge in [0, 0.05) is 60.7 Å². The van der Waals surface area contributed by atoms with Crippen molar-refractivity contribution in [3.05, 3.63) is 78.6 Å². The molecule has 0 radical (unpaired) electrons. The summed E-state index contributed by atoms with van der Waals surface area (Å²) in [4.78, 5) is 46.8. The maximum atomic E-state index is 14.7. The highest BCUT2D eigenvalue weighted by atomic mass is 28.4. The van der Waals surface area contributed by atoms with E-state index in [1.807, 2.05) is 67.5 Å². The lowest BCUT2D eigenvalue weighted by Crippen LogP contribution is -2.55. The Balaban J connectivity index is 1.27. The van der Waals surface area contributed by atoms with Gasteiger partial charge >= 0.3 is 0 Å². The number of hydrogen-bond acceptors (Lipinski definition) is 9. The number of benzene rings is 2. The van der Waals surface area contributed by atoms with Gasteiger partial charge in [-0.2, -0.15) is 0 Å². The number of amides is 2. The van der Waals surface area contributed by atoms with Crippen LogP contribution in [0.2, 0.25) is 18.6 Å². The van der Waals surface area contributed by atoms with Crippen molar-refractivity contribution >= 4 is 37.2 Å². The number of piperidine rings is 1. The summed E-state index contributed by atoms with van der Waals surface area (Å²) in [7, 11) is -2.88. The third-order valence-electron chi connectivity index (χ3n) is 11.1. The number of aliphatic hydroxyl groups is 1. The van der Waals surface area contributed by atoms with Crippen LogP contribution >= 0.6 is 0 Å². The number of nitrogens with one attached hydrogen (secondary N) is 1. The van der Waals surface area contributed by atoms with Gasteiger partial charge in [0.25, 0.3) is 11.8 Å². The summed E-state index contributed by atoms with van der Waals surface area (Å²) in [6.07, 6.45) is 5.45. The van der Waals surface area contributed by atoms with Gasteiger partial charge in [-0.1, -0.05) is 36.4 Å². The molecule has 2 spiro atoms. The first kappa shape index (κ1) is 33.6. The summed E-state index contributed by atoms with van der Waals surface area (Å²) in [6, 6.07) is 16.0. The van der Waals surface area contributed by atoms with Gasteiger partial charge < -0.3 is 29.8 Å². The number of rotatable bonds is 10. The van der Waals surface area contributed by atoms with Crippen LogP contribution in [0.1, 0.15) is 37.4 Å². The van der Waals surface area contributed by atoms with E-state index in [2.05, 4.69) is 39.2 Å². The first-order valence-electron chi connectivity index (χ1n) is 17.4. The Hall–Kier alpha value is -3.88. The Labute approximate surface area is 288 Å². The molecule has 3 fully saturated rings. The Bertz CT molecular complexity index is 1720. The maximum absolute atomic E-state index is 14.7. The monoisotopic (exact) mass is 685 g/mol. The van der Waals surface area contributed by atoms with Gasteiger partial charge in [0.1, 0.15) is 5.54 Å². The second-order valence-electron chi connectivity index (χ2n) is 14.4. The summed E-state index contributed by atoms with van der Waals surface area (Å²) < 4.78 is 8.75. The van der Waals surface area contributed by atoms with Gasteiger partial charge in [-0.05, 0) is 75.8 Å². The van der Waals surface area contributed by atoms with Crippen molar-refractivity contribution in [3.8, 4) is 0 Å². The second-order valence-corrected chi connectivity index (χ2v) is 18.4. The van der Waals surface area contributed by atoms with Gasteiger partial charge in [-0.3, -0.25) is 19.2 Å². The summed E-state index contributed by atoms with van der Waals surface area (Å²) in [5.41, 5.74) is 1.66. The van der Waals surface area contributed by atoms with E-state index in [0.29, 0.717) is 51.1 Å². The molecule has 0 saturated carbocycles. The van der Waals surface area contributed by atoms with E-state index in [-0.39, 0.29) is 29.9 Å². The number of anilines is 3. The fourth-order valence-corrected chi connectivity index (χ4v) is 11.5. The van der Waals surface area contributed by atoms with Crippen LogP contribution in [0.25, 0.3) is 0 Å². The number of ether oxygens (including phenoxy) is 1. The smallest absolute Gasteiger partial charge is 0.264 e. The van der Waals surface area contributed by atoms with Gasteiger partial charge in [0.05, 0.1) is 24.2 Å². The lowest BCUT2D eigenvalue weighted by Gasteiger charge is -2.39. The normalized spacial score (nSPS) is 26.4. The van der Waals surface area contributed by atoms with Crippen LogP contribution < -0.4 is 20.0 Å². The minimum absolute atomic E-state index is 0.00688. The molecule has 0 aliphatic carbocycles. The zero-order valence-electron chi connectivity index (χ0n) is 28.6. The molecular formula is C36H47N7O5Si. The van der Waals surface area contributed by atoms with Crippen molar-refractivity contribution in [1.29, 1.82) is 0 Å². The van der Waals surface area contributed by atoms with Crippen LogP contribution in [0.3, 0.4) is 0 Å². The minimum atomic E-state index is -2.88. The summed E-state index contributed by atoms with van der Waals surface area (Å²) in [5.74, 6) is -0.447. The average molecular weight is 686 g/mol. The molecule has 13 heteroatoms. The highest BCUT2D eigenvalue weighted by Gasteiger charge is 2.66. The predicted octanol–water partition coefficient (Wildman–Crippen LogP) is 3.17. The minimum Gasteiger partial charge on any atom is -0.432 e. The topological polar surface area (TPSA) is 136 Å². The third-order valence-corrected chi connectivity index (χ3v) is 13.6. The highest BCUT2D eigenvalue weighted by molar-refractivity contribution is 6.71. The van der Waals surface area contributed by atoms with Gasteiger partial charge in [0.15, 0.2) is 13.9 Å². The summed E-state index contributed by atoms with van der Waals surface area (Å²) in [6.45, 7) is 12.5. The molecule has 0 bridgehead atoms. The standard InChI is InChI=1S/C36H47N7O5Si/c1-5-19-41-30-12-11-28(42-24-43(27-9-7-6-8-10-27)35(33(42)45)15-17-37-18-16-35)22-29(30)36(34(41)46)25(2)32(49(3,4)47)31(48-36)13-20-40-23-26(14-21-44)38-39-40/h5-12,22-23,25,31-32,37,44,47H,1,13-21,24H2,2-4H3/t25-,31+,32-,36+/m1/s1. The van der Waals surface area contributed by atoms with Crippen LogP contribution in [0.15, 0.2) is 67.4 Å². The predicted molar refractivity (Wildman–Crippen MR) is 190 cm³/mol. The van der Waals surface area contributed by atoms with E-state index in [1.165, 1.54) is 0 Å². The lowest BCUT2D eigenvalue weighted by atomic mass is 9.82. The first-order valence-corrected chi connectivity index (χ1v) is 20.4. The number of nitrogens with zero attached hydrogens (tertiary/aromatic N) is 6. The lowest BCUT2D eigenvalue weighted by molar-refractivity contribution is -0.145. The molecule has 3 N–H and O–H groups in total. The fraction of sp³-hybridized carbons (Fsp3) is 0.500. The molecule has 4 aliphatic heterocycles. The zero-order chi connectivity index (χ0) is 34.6. The van der Waals surface area contributed by atoms with Crippen LogP contribution in [0, 0.1) is 5.92 Å². The number of carbonyl (C=O) groups excluding carboxylic acids is 2. The van der Waals surface area contributed by atoms with Gasteiger partial charge in [-0.15, -0.1) is 11.7 Å². The van der Waals surface area contributed by atoms with Crippen LogP contribution in [0.5, 0.6) is 0 Å². The number of aryl methyl sites for hydroxylation is 1. The second kappa shape index (κ2) is 12.8. The van der Waals surface area contributed by atoms with E-state index in [4.69, 9.17) is 4.74 Å². The Morgan fingerprint density at radius 1 is 1.10 bits per heavy atom. The van der Waals surface area contributed by atoms with E-state index in [9.17, 15) is 19.5 Å². The molecule has 0 unspecified atom stereocenters. The first-order chi connectivity index (χ1) is 23.5. The van der Waals surface area contributed by atoms with E-state index in [0.717, 1.165) is 35.7 Å². The molecule has 260 valence electrons. The van der Waals surface area contributed by atoms with Gasteiger partial charge in [-0.25, -0.2) is 0 Å². The molecule has 4 aliphatic rings. The molecule has 12 nitrogen and oxygen atoms in total. The molecule has 3 saturated heterocycles. The molecule has 3 aromatic rings. The Kier molecular flexibility index (Phi) is 8.76. The highest BCUT2D eigenvalue weighted by Crippen LogP contribution is 2.60. The molecule has 49 heavy (non-hydrogen) atoms. The number of carbonyl (C=O) groups is 2. The maximum Gasteiger partial charge on any atom is 0.264 e. The van der Waals surface area contributed by atoms with Gasteiger partial charge in [0.2, 0.25) is 0 Å². The zero-order valence-corrected chi connectivity index (χ0v) is 29.6. The molecular weight excluding hydrogens is 639 g/mol. The Morgan fingerprint density at radius 3 is 2.55 bits per heavy atom.